The van der Waals surface area contributed by atoms with Gasteiger partial charge in [-0.15, -0.1) is 0 Å². The van der Waals surface area contributed by atoms with Crippen molar-refractivity contribution in [2.45, 2.75) is 313 Å². The Morgan fingerprint density at radius 1 is 0.440 bits per heavy atom. The van der Waals surface area contributed by atoms with Crippen molar-refractivity contribution in [1.29, 1.82) is 0 Å². The number of ether oxygens (including phenoxy) is 6. The predicted octanol–water partition coefficient (Wildman–Crippen LogP) is 11.3. The van der Waals surface area contributed by atoms with E-state index < -0.39 is 80.7 Å². The normalized spacial score (nSPS) is 24.8. The first kappa shape index (κ1) is 69.3. The Balaban J connectivity index is 1.67. The molecule has 2 heterocycles. The van der Waals surface area contributed by atoms with Crippen LogP contribution in [0.1, 0.15) is 245 Å². The fraction of sp³-hybridized carbons (Fsp3) is 0.885. The second-order valence-corrected chi connectivity index (χ2v) is 21.5. The summed E-state index contributed by atoms with van der Waals surface area (Å²) in [6, 6.07) is 0. The van der Waals surface area contributed by atoms with Crippen LogP contribution in [-0.2, 0) is 33.2 Å². The van der Waals surface area contributed by atoms with E-state index in [1.54, 1.807) is 0 Å². The summed E-state index contributed by atoms with van der Waals surface area (Å²) in [6.07, 6.45) is 40.7. The molecule has 2 fully saturated rings. The molecular weight excluding hydrogens is 957 g/mol. The van der Waals surface area contributed by atoms with Gasteiger partial charge in [-0.1, -0.05) is 204 Å². The Kier molecular flexibility index (Phi) is 44.5. The molecule has 2 saturated heterocycles. The van der Waals surface area contributed by atoms with E-state index in [1.807, 2.05) is 0 Å². The standard InChI is InChI=1S/C61H112O14/c1-3-5-7-9-11-13-15-17-19-20-21-22-23-24-25-26-27-28-29-31-33-35-37-39-41-43-45-70-47-50(73-53(63)44-42-40-38-36-34-32-30-18-16-14-12-10-8-6-4-2)48-71-60-59(69)57(67)55(65)52(75-60)49-72-61-58(68)56(66)54(64)51(46-62)74-61/h15,17-18,20-21,30,50-52,54-62,64-69H,3-14,16,19,22-29,31-49H2,1-2H3/b17-15-,21-20-,30-18-. The van der Waals surface area contributed by atoms with Gasteiger partial charge in [0.05, 0.1) is 26.4 Å². The smallest absolute Gasteiger partial charge is 0.306 e. The van der Waals surface area contributed by atoms with Crippen molar-refractivity contribution in [3.05, 3.63) is 36.5 Å². The van der Waals surface area contributed by atoms with Crippen LogP contribution in [0, 0.1) is 0 Å². The fourth-order valence-electron chi connectivity index (χ4n) is 9.66. The maximum atomic E-state index is 13.1. The van der Waals surface area contributed by atoms with E-state index in [-0.39, 0.29) is 25.6 Å². The molecule has 75 heavy (non-hydrogen) atoms. The third-order valence-electron chi connectivity index (χ3n) is 14.6. The summed E-state index contributed by atoms with van der Waals surface area (Å²) in [5, 5.41) is 72.4. The predicted molar refractivity (Wildman–Crippen MR) is 298 cm³/mol. The molecule has 0 aromatic rings. The fourth-order valence-corrected chi connectivity index (χ4v) is 9.66. The molecule has 0 spiro atoms. The highest BCUT2D eigenvalue weighted by Crippen LogP contribution is 2.27. The average molecular weight is 1070 g/mol. The van der Waals surface area contributed by atoms with Crippen LogP contribution < -0.4 is 0 Å². The lowest BCUT2D eigenvalue weighted by Gasteiger charge is -2.42. The highest BCUT2D eigenvalue weighted by molar-refractivity contribution is 5.69. The summed E-state index contributed by atoms with van der Waals surface area (Å²) in [4.78, 5) is 13.1. The Bertz CT molecular complexity index is 1380. The summed E-state index contributed by atoms with van der Waals surface area (Å²) in [6.45, 7) is 3.69. The Morgan fingerprint density at radius 3 is 1.29 bits per heavy atom. The molecule has 2 aliphatic rings. The van der Waals surface area contributed by atoms with Crippen molar-refractivity contribution in [3.8, 4) is 0 Å². The van der Waals surface area contributed by atoms with E-state index in [1.165, 1.54) is 154 Å². The van der Waals surface area contributed by atoms with Crippen molar-refractivity contribution in [2.24, 2.45) is 0 Å². The monoisotopic (exact) mass is 1070 g/mol. The number of aliphatic hydroxyl groups excluding tert-OH is 7. The van der Waals surface area contributed by atoms with E-state index in [0.717, 1.165) is 64.2 Å². The first-order chi connectivity index (χ1) is 36.6. The van der Waals surface area contributed by atoms with Gasteiger partial charge in [-0.3, -0.25) is 4.79 Å². The summed E-state index contributed by atoms with van der Waals surface area (Å²) >= 11 is 0. The Hall–Kier alpha value is -1.79. The summed E-state index contributed by atoms with van der Waals surface area (Å²) in [5.74, 6) is -0.382. The highest BCUT2D eigenvalue weighted by atomic mass is 16.7. The van der Waals surface area contributed by atoms with Gasteiger partial charge in [0.2, 0.25) is 0 Å². The lowest BCUT2D eigenvalue weighted by molar-refractivity contribution is -0.332. The Labute approximate surface area is 455 Å². The van der Waals surface area contributed by atoms with Crippen molar-refractivity contribution >= 4 is 5.97 Å². The van der Waals surface area contributed by atoms with Gasteiger partial charge in [0.15, 0.2) is 12.6 Å². The van der Waals surface area contributed by atoms with Crippen LogP contribution in [0.5, 0.6) is 0 Å². The van der Waals surface area contributed by atoms with Crippen molar-refractivity contribution in [3.63, 3.8) is 0 Å². The molecule has 0 bridgehead atoms. The number of hydrogen-bond acceptors (Lipinski definition) is 14. The van der Waals surface area contributed by atoms with Crippen LogP contribution in [0.15, 0.2) is 36.5 Å². The number of esters is 1. The number of aliphatic hydroxyl groups is 7. The first-order valence-corrected chi connectivity index (χ1v) is 30.6. The first-order valence-electron chi connectivity index (χ1n) is 30.6. The number of carbonyl (C=O) groups excluding carboxylic acids is 1. The molecule has 2 aliphatic heterocycles. The minimum atomic E-state index is -1.71. The zero-order chi connectivity index (χ0) is 54.4. The number of rotatable bonds is 50. The molecule has 0 aromatic carbocycles. The molecule has 0 saturated carbocycles. The highest BCUT2D eigenvalue weighted by Gasteiger charge is 2.47. The van der Waals surface area contributed by atoms with E-state index in [2.05, 4.69) is 50.3 Å². The maximum absolute atomic E-state index is 13.1. The van der Waals surface area contributed by atoms with Crippen molar-refractivity contribution in [2.75, 3.05) is 33.0 Å². The minimum Gasteiger partial charge on any atom is -0.457 e. The Morgan fingerprint density at radius 2 is 0.827 bits per heavy atom. The molecule has 0 aliphatic carbocycles. The van der Waals surface area contributed by atoms with Gasteiger partial charge in [-0.25, -0.2) is 0 Å². The molecule has 0 radical (unpaired) electrons. The largest absolute Gasteiger partial charge is 0.457 e. The number of unbranched alkanes of at least 4 members (excludes halogenated alkanes) is 30. The van der Waals surface area contributed by atoms with Crippen molar-refractivity contribution < 1.29 is 69.0 Å². The number of allylic oxidation sites excluding steroid dienone is 6. The van der Waals surface area contributed by atoms with E-state index in [4.69, 9.17) is 28.4 Å². The third-order valence-corrected chi connectivity index (χ3v) is 14.6. The molecule has 11 unspecified atom stereocenters. The zero-order valence-corrected chi connectivity index (χ0v) is 47.3. The van der Waals surface area contributed by atoms with Gasteiger partial charge < -0.3 is 64.2 Å². The van der Waals surface area contributed by atoms with Crippen LogP contribution in [0.4, 0.5) is 0 Å². The van der Waals surface area contributed by atoms with E-state index in [9.17, 15) is 40.5 Å². The molecule has 14 nitrogen and oxygen atoms in total. The molecule has 0 aromatic heterocycles. The van der Waals surface area contributed by atoms with Crippen LogP contribution in [0.2, 0.25) is 0 Å². The third kappa shape index (κ3) is 34.7. The van der Waals surface area contributed by atoms with Crippen molar-refractivity contribution in [1.82, 2.24) is 0 Å². The molecule has 0 amide bonds. The molecular formula is C61H112O14. The molecule has 2 rings (SSSR count). The van der Waals surface area contributed by atoms with Crippen LogP contribution >= 0.6 is 0 Å². The summed E-state index contributed by atoms with van der Waals surface area (Å²) < 4.78 is 34.4. The SMILES string of the molecule is CCCCCCC/C=C\C/C=C\CCCCCCCCCCCCCCCCOCC(COC1OC(COC2OC(CO)C(O)C(O)C2O)C(O)C(O)C1O)OC(=O)CCCCCCC/C=C\CCCCCCCC. The summed E-state index contributed by atoms with van der Waals surface area (Å²) in [7, 11) is 0. The number of hydrogen-bond donors (Lipinski definition) is 7. The average Bonchev–Trinajstić information content (AvgIpc) is 3.41. The molecule has 11 atom stereocenters. The summed E-state index contributed by atoms with van der Waals surface area (Å²) in [5.41, 5.74) is 0. The number of carbonyl (C=O) groups is 1. The van der Waals surface area contributed by atoms with Crippen LogP contribution in [0.3, 0.4) is 0 Å². The second kappa shape index (κ2) is 48.1. The van der Waals surface area contributed by atoms with Crippen LogP contribution in [-0.4, -0.2) is 142 Å². The van der Waals surface area contributed by atoms with E-state index >= 15 is 0 Å². The molecule has 7 N–H and O–H groups in total. The lowest BCUT2D eigenvalue weighted by Crippen LogP contribution is -2.61. The lowest BCUT2D eigenvalue weighted by atomic mass is 9.98. The second-order valence-electron chi connectivity index (χ2n) is 21.5. The van der Waals surface area contributed by atoms with E-state index in [0.29, 0.717) is 13.0 Å². The minimum absolute atomic E-state index is 0.0601. The molecule has 440 valence electrons. The van der Waals surface area contributed by atoms with Crippen LogP contribution in [0.25, 0.3) is 0 Å². The maximum Gasteiger partial charge on any atom is 0.306 e. The van der Waals surface area contributed by atoms with Gasteiger partial charge in [-0.2, -0.15) is 0 Å². The quantitative estimate of drug-likeness (QED) is 0.0172. The van der Waals surface area contributed by atoms with Gasteiger partial charge >= 0.3 is 5.97 Å². The van der Waals surface area contributed by atoms with Gasteiger partial charge in [0.1, 0.15) is 54.9 Å². The molecule has 14 heteroatoms. The van der Waals surface area contributed by atoms with Gasteiger partial charge in [0, 0.05) is 13.0 Å². The van der Waals surface area contributed by atoms with Gasteiger partial charge in [-0.05, 0) is 70.6 Å². The van der Waals surface area contributed by atoms with Gasteiger partial charge in [0.25, 0.3) is 0 Å². The topological polar surface area (TPSA) is 214 Å². The zero-order valence-electron chi connectivity index (χ0n) is 47.3.